The van der Waals surface area contributed by atoms with Crippen molar-refractivity contribution in [3.05, 3.63) is 71.6 Å². The lowest BCUT2D eigenvalue weighted by atomic mass is 10.1. The zero-order chi connectivity index (χ0) is 16.5. The van der Waals surface area contributed by atoms with Crippen LogP contribution in [0.2, 0.25) is 0 Å². The normalized spacial score (nSPS) is 13.1. The Bertz CT molecular complexity index is 873. The Balaban J connectivity index is 1.47. The van der Waals surface area contributed by atoms with E-state index in [9.17, 15) is 4.79 Å². The molecule has 0 radical (unpaired) electrons. The third-order valence-corrected chi connectivity index (χ3v) is 4.09. The standard InChI is InChI=1S/C17H16N6O/c18-17-20-7-14-9-23(10-15(14)21-17)16(24)13-3-1-12(2-4-13)8-22-6-5-19-11-22/h1-7,11H,8-10H2,(H2,18,20,21). The van der Waals surface area contributed by atoms with E-state index in [-0.39, 0.29) is 11.9 Å². The van der Waals surface area contributed by atoms with Gasteiger partial charge in [0, 0.05) is 42.8 Å². The van der Waals surface area contributed by atoms with Gasteiger partial charge in [-0.1, -0.05) is 12.1 Å². The van der Waals surface area contributed by atoms with Crippen molar-refractivity contribution < 1.29 is 4.79 Å². The van der Waals surface area contributed by atoms with Gasteiger partial charge in [-0.2, -0.15) is 0 Å². The van der Waals surface area contributed by atoms with Gasteiger partial charge in [-0.3, -0.25) is 4.79 Å². The quantitative estimate of drug-likeness (QED) is 0.789. The van der Waals surface area contributed by atoms with Crippen LogP contribution >= 0.6 is 0 Å². The third-order valence-electron chi connectivity index (χ3n) is 4.09. The molecule has 7 nitrogen and oxygen atoms in total. The number of aromatic nitrogens is 4. The molecule has 0 saturated carbocycles. The van der Waals surface area contributed by atoms with E-state index in [1.165, 1.54) is 0 Å². The molecule has 1 aliphatic rings. The van der Waals surface area contributed by atoms with Gasteiger partial charge in [0.15, 0.2) is 0 Å². The molecular weight excluding hydrogens is 304 g/mol. The van der Waals surface area contributed by atoms with Gasteiger partial charge in [0.25, 0.3) is 5.91 Å². The highest BCUT2D eigenvalue weighted by molar-refractivity contribution is 5.94. The van der Waals surface area contributed by atoms with Crippen molar-refractivity contribution >= 4 is 11.9 Å². The van der Waals surface area contributed by atoms with Gasteiger partial charge in [0.2, 0.25) is 5.95 Å². The van der Waals surface area contributed by atoms with E-state index in [0.29, 0.717) is 18.7 Å². The van der Waals surface area contributed by atoms with E-state index < -0.39 is 0 Å². The van der Waals surface area contributed by atoms with Crippen molar-refractivity contribution in [3.8, 4) is 0 Å². The summed E-state index contributed by atoms with van der Waals surface area (Å²) in [6.07, 6.45) is 7.12. The number of carbonyl (C=O) groups is 1. The molecule has 2 aromatic heterocycles. The van der Waals surface area contributed by atoms with Crippen molar-refractivity contribution in [1.82, 2.24) is 24.4 Å². The number of carbonyl (C=O) groups excluding carboxylic acids is 1. The van der Waals surface area contributed by atoms with Crippen LogP contribution in [0, 0.1) is 0 Å². The SMILES string of the molecule is Nc1ncc2c(n1)CN(C(=O)c1ccc(Cn3ccnc3)cc1)C2. The van der Waals surface area contributed by atoms with Crippen LogP contribution in [-0.4, -0.2) is 30.3 Å². The van der Waals surface area contributed by atoms with Crippen LogP contribution < -0.4 is 5.73 Å². The number of fused-ring (bicyclic) bond motifs is 1. The number of amides is 1. The minimum Gasteiger partial charge on any atom is -0.368 e. The van der Waals surface area contributed by atoms with E-state index in [1.807, 2.05) is 35.0 Å². The Morgan fingerprint density at radius 3 is 2.79 bits per heavy atom. The van der Waals surface area contributed by atoms with Gasteiger partial charge in [-0.05, 0) is 17.7 Å². The first kappa shape index (κ1) is 14.4. The molecule has 4 rings (SSSR count). The summed E-state index contributed by atoms with van der Waals surface area (Å²) in [5.41, 5.74) is 9.17. The molecule has 0 bridgehead atoms. The molecule has 0 aliphatic carbocycles. The molecular formula is C17H16N6O. The lowest BCUT2D eigenvalue weighted by molar-refractivity contribution is 0.0750. The highest BCUT2D eigenvalue weighted by atomic mass is 16.2. The van der Waals surface area contributed by atoms with E-state index in [4.69, 9.17) is 5.73 Å². The summed E-state index contributed by atoms with van der Waals surface area (Å²) in [5.74, 6) is 0.229. The molecule has 0 spiro atoms. The lowest BCUT2D eigenvalue weighted by Crippen LogP contribution is -2.25. The maximum absolute atomic E-state index is 12.7. The van der Waals surface area contributed by atoms with Crippen molar-refractivity contribution in [2.75, 3.05) is 5.73 Å². The number of hydrogen-bond donors (Lipinski definition) is 1. The number of nitrogen functional groups attached to an aromatic ring is 1. The fourth-order valence-electron chi connectivity index (χ4n) is 2.84. The average molecular weight is 320 g/mol. The first-order valence-electron chi connectivity index (χ1n) is 7.63. The fourth-order valence-corrected chi connectivity index (χ4v) is 2.84. The van der Waals surface area contributed by atoms with Crippen LogP contribution in [0.15, 0.2) is 49.2 Å². The van der Waals surface area contributed by atoms with Gasteiger partial charge in [-0.25, -0.2) is 15.0 Å². The monoisotopic (exact) mass is 320 g/mol. The van der Waals surface area contributed by atoms with Crippen LogP contribution in [0.5, 0.6) is 0 Å². The van der Waals surface area contributed by atoms with Crippen molar-refractivity contribution in [2.45, 2.75) is 19.6 Å². The highest BCUT2D eigenvalue weighted by Crippen LogP contribution is 2.22. The Morgan fingerprint density at radius 2 is 2.04 bits per heavy atom. The third kappa shape index (κ3) is 2.71. The van der Waals surface area contributed by atoms with Crippen LogP contribution in [0.4, 0.5) is 5.95 Å². The van der Waals surface area contributed by atoms with E-state index in [0.717, 1.165) is 23.4 Å². The molecule has 7 heteroatoms. The second kappa shape index (κ2) is 5.77. The minimum absolute atomic E-state index is 0.0132. The molecule has 1 amide bonds. The van der Waals surface area contributed by atoms with Crippen LogP contribution in [0.3, 0.4) is 0 Å². The summed E-state index contributed by atoms with van der Waals surface area (Å²) < 4.78 is 1.98. The van der Waals surface area contributed by atoms with Crippen molar-refractivity contribution in [1.29, 1.82) is 0 Å². The summed E-state index contributed by atoms with van der Waals surface area (Å²) in [6, 6.07) is 7.65. The van der Waals surface area contributed by atoms with Crippen molar-refractivity contribution in [2.24, 2.45) is 0 Å². The Labute approximate surface area is 138 Å². The maximum atomic E-state index is 12.7. The van der Waals surface area contributed by atoms with Gasteiger partial charge in [0.1, 0.15) is 0 Å². The van der Waals surface area contributed by atoms with Gasteiger partial charge >= 0.3 is 0 Å². The molecule has 0 unspecified atom stereocenters. The largest absolute Gasteiger partial charge is 0.368 e. The second-order valence-corrected chi connectivity index (χ2v) is 5.79. The predicted octanol–water partition coefficient (Wildman–Crippen LogP) is 1.46. The summed E-state index contributed by atoms with van der Waals surface area (Å²) in [4.78, 5) is 26.6. The lowest BCUT2D eigenvalue weighted by Gasteiger charge is -2.15. The van der Waals surface area contributed by atoms with Crippen LogP contribution in [0.25, 0.3) is 0 Å². The summed E-state index contributed by atoms with van der Waals surface area (Å²) in [7, 11) is 0. The molecule has 3 aromatic rings. The molecule has 120 valence electrons. The predicted molar refractivity (Wildman–Crippen MR) is 87.8 cm³/mol. The molecule has 2 N–H and O–H groups in total. The average Bonchev–Trinajstić information content (AvgIpc) is 3.24. The van der Waals surface area contributed by atoms with Crippen LogP contribution in [-0.2, 0) is 19.6 Å². The summed E-state index contributed by atoms with van der Waals surface area (Å²) >= 11 is 0. The summed E-state index contributed by atoms with van der Waals surface area (Å²) in [5, 5.41) is 0. The molecule has 0 fully saturated rings. The second-order valence-electron chi connectivity index (χ2n) is 5.79. The number of benzene rings is 1. The number of hydrogen-bond acceptors (Lipinski definition) is 5. The van der Waals surface area contributed by atoms with E-state index >= 15 is 0 Å². The smallest absolute Gasteiger partial charge is 0.254 e. The first-order chi connectivity index (χ1) is 11.7. The Morgan fingerprint density at radius 1 is 1.21 bits per heavy atom. The molecule has 1 aliphatic heterocycles. The van der Waals surface area contributed by atoms with E-state index in [2.05, 4.69) is 15.0 Å². The first-order valence-corrected chi connectivity index (χ1v) is 7.63. The molecule has 24 heavy (non-hydrogen) atoms. The number of nitrogens with two attached hydrogens (primary N) is 1. The molecule has 0 atom stereocenters. The molecule has 1 aromatic carbocycles. The highest BCUT2D eigenvalue weighted by Gasteiger charge is 2.25. The summed E-state index contributed by atoms with van der Waals surface area (Å²) in [6.45, 7) is 1.72. The van der Waals surface area contributed by atoms with Crippen LogP contribution in [0.1, 0.15) is 27.2 Å². The Kier molecular flexibility index (Phi) is 3.45. The maximum Gasteiger partial charge on any atom is 0.254 e. The van der Waals surface area contributed by atoms with E-state index in [1.54, 1.807) is 23.6 Å². The number of imidazole rings is 1. The number of nitrogens with zero attached hydrogens (tertiary/aromatic N) is 5. The zero-order valence-corrected chi connectivity index (χ0v) is 13.0. The Hall–Kier alpha value is -3.22. The van der Waals surface area contributed by atoms with Gasteiger partial charge in [-0.15, -0.1) is 0 Å². The fraction of sp³-hybridized carbons (Fsp3) is 0.176. The van der Waals surface area contributed by atoms with Gasteiger partial charge in [0.05, 0.1) is 18.6 Å². The zero-order valence-electron chi connectivity index (χ0n) is 13.0. The topological polar surface area (TPSA) is 89.9 Å². The van der Waals surface area contributed by atoms with Gasteiger partial charge < -0.3 is 15.2 Å². The number of rotatable bonds is 3. The molecule has 3 heterocycles. The minimum atomic E-state index is -0.0132. The molecule has 0 saturated heterocycles. The van der Waals surface area contributed by atoms with Crippen molar-refractivity contribution in [3.63, 3.8) is 0 Å². The number of anilines is 1.